The molecule has 0 saturated carbocycles. The van der Waals surface area contributed by atoms with Gasteiger partial charge in [-0.3, -0.25) is 25.1 Å². The second-order valence-electron chi connectivity index (χ2n) is 8.49. The van der Waals surface area contributed by atoms with E-state index in [1.54, 1.807) is 13.8 Å². The molecule has 3 rings (SSSR count). The van der Waals surface area contributed by atoms with Crippen LogP contribution in [0.5, 0.6) is 5.75 Å². The van der Waals surface area contributed by atoms with Gasteiger partial charge in [0.25, 0.3) is 5.69 Å². The van der Waals surface area contributed by atoms with Crippen molar-refractivity contribution in [3.63, 3.8) is 0 Å². The highest BCUT2D eigenvalue weighted by molar-refractivity contribution is 5.71. The lowest BCUT2D eigenvalue weighted by atomic mass is 9.92. The highest BCUT2D eigenvalue weighted by Crippen LogP contribution is 2.40. The number of rotatable bonds is 13. The number of hydrazine groups is 1. The Kier molecular flexibility index (Phi) is 9.04. The number of halogens is 2. The van der Waals surface area contributed by atoms with Crippen molar-refractivity contribution in [3.05, 3.63) is 85.6 Å². The van der Waals surface area contributed by atoms with E-state index < -0.39 is 57.3 Å². The van der Waals surface area contributed by atoms with Gasteiger partial charge in [-0.1, -0.05) is 6.07 Å². The van der Waals surface area contributed by atoms with Crippen molar-refractivity contribution in [1.29, 1.82) is 0 Å². The van der Waals surface area contributed by atoms with Crippen LogP contribution in [0.2, 0.25) is 0 Å². The number of hydrogen-bond donors (Lipinski definition) is 1. The third-order valence-corrected chi connectivity index (χ3v) is 5.86. The first-order valence-corrected chi connectivity index (χ1v) is 11.7. The van der Waals surface area contributed by atoms with Crippen LogP contribution in [0, 0.1) is 37.1 Å². The minimum atomic E-state index is -2.17. The number of nitro groups is 2. The van der Waals surface area contributed by atoms with Gasteiger partial charge in [0.2, 0.25) is 11.0 Å². The first-order valence-electron chi connectivity index (χ1n) is 11.7. The third kappa shape index (κ3) is 6.52. The Morgan fingerprint density at radius 2 is 1.77 bits per heavy atom. The van der Waals surface area contributed by atoms with Gasteiger partial charge in [-0.15, -0.1) is 5.01 Å². The van der Waals surface area contributed by atoms with E-state index in [9.17, 15) is 39.3 Å². The fourth-order valence-corrected chi connectivity index (χ4v) is 3.96. The summed E-state index contributed by atoms with van der Waals surface area (Å²) in [6.07, 6.45) is 2.40. The first-order chi connectivity index (χ1) is 18.9. The molecule has 1 unspecified atom stereocenters. The van der Waals surface area contributed by atoms with Gasteiger partial charge >= 0.3 is 5.69 Å². The number of hydrogen-bond acceptors (Lipinski definition) is 11. The largest absolute Gasteiger partial charge is 0.569 e. The summed E-state index contributed by atoms with van der Waals surface area (Å²) in [5, 5.41) is 55.7. The van der Waals surface area contributed by atoms with Gasteiger partial charge in [0.1, 0.15) is 41.6 Å². The maximum atomic E-state index is 14.8. The van der Waals surface area contributed by atoms with Crippen LogP contribution in [0.25, 0.3) is 0 Å². The second kappa shape index (κ2) is 12.2. The Hall–Kier alpha value is -5.00. The molecule has 0 spiro atoms. The van der Waals surface area contributed by atoms with Crippen LogP contribution in [-0.4, -0.2) is 66.4 Å². The number of aromatic nitrogens is 3. The Bertz CT molecular complexity index is 1400. The molecule has 0 aliphatic carbocycles. The molecule has 1 atom stereocenters. The number of anilines is 1. The molecule has 3 aromatic rings. The van der Waals surface area contributed by atoms with Crippen LogP contribution in [0.15, 0.2) is 48.3 Å². The molecule has 1 heterocycles. The molecule has 0 aliphatic rings. The molecule has 40 heavy (non-hydrogen) atoms. The Morgan fingerprint density at radius 1 is 1.10 bits per heavy atom. The van der Waals surface area contributed by atoms with Crippen LogP contribution < -0.4 is 9.74 Å². The van der Waals surface area contributed by atoms with Crippen LogP contribution in [0.1, 0.15) is 19.4 Å². The summed E-state index contributed by atoms with van der Waals surface area (Å²) in [5.74, 6) is -2.60. The zero-order valence-corrected chi connectivity index (χ0v) is 21.5. The molecule has 0 amide bonds. The molecule has 16 nitrogen and oxygen atoms in total. The topological polar surface area (TPSA) is 191 Å². The highest BCUT2D eigenvalue weighted by Gasteiger charge is 2.37. The molecule has 1 aromatic heterocycles. The smallest absolute Gasteiger partial charge is 0.321 e. The number of nitro benzene ring substituents is 2. The first kappa shape index (κ1) is 29.6. The van der Waals surface area contributed by atoms with Gasteiger partial charge in [0.15, 0.2) is 0 Å². The van der Waals surface area contributed by atoms with Gasteiger partial charge in [-0.2, -0.15) is 5.10 Å². The van der Waals surface area contributed by atoms with Crippen LogP contribution in [-0.2, 0) is 12.1 Å². The fraction of sp³-hybridized carbons (Fsp3) is 0.364. The molecule has 2 aromatic carbocycles. The van der Waals surface area contributed by atoms with Gasteiger partial charge in [-0.05, 0) is 19.9 Å². The molecular weight excluding hydrogens is 540 g/mol. The number of benzene rings is 2. The summed E-state index contributed by atoms with van der Waals surface area (Å²) >= 11 is 0. The molecule has 0 bridgehead atoms. The van der Waals surface area contributed by atoms with Gasteiger partial charge < -0.3 is 15.2 Å². The van der Waals surface area contributed by atoms with E-state index in [2.05, 4.69) is 15.4 Å². The van der Waals surface area contributed by atoms with E-state index >= 15 is 0 Å². The molecular formula is C22H25F2N9O7. The van der Waals surface area contributed by atoms with Crippen LogP contribution in [0.3, 0.4) is 0 Å². The van der Waals surface area contributed by atoms with E-state index in [1.165, 1.54) is 23.1 Å². The van der Waals surface area contributed by atoms with Crippen LogP contribution in [0.4, 0.5) is 25.8 Å². The molecule has 1 N–H and O–H groups in total. The SMILES string of the molecule is CCN(CC)/[N+]([O-])=N/Oc1cc(N(C)CC(O)(Cn2cncn2)c2ccc(F)cc2F)c([N+](=O)[O-])cc1[N+](=O)[O-]. The lowest BCUT2D eigenvalue weighted by Crippen LogP contribution is -2.43. The molecule has 0 radical (unpaired) electrons. The van der Waals surface area contributed by atoms with E-state index in [1.807, 2.05) is 0 Å². The maximum Gasteiger partial charge on any atom is 0.321 e. The second-order valence-corrected chi connectivity index (χ2v) is 8.49. The Labute approximate surface area is 225 Å². The van der Waals surface area contributed by atoms with Crippen molar-refractivity contribution in [2.75, 3.05) is 31.6 Å². The van der Waals surface area contributed by atoms with Crippen molar-refractivity contribution >= 4 is 17.1 Å². The van der Waals surface area contributed by atoms with Crippen molar-refractivity contribution in [1.82, 2.24) is 19.8 Å². The zero-order chi connectivity index (χ0) is 29.6. The molecule has 0 aliphatic heterocycles. The summed E-state index contributed by atoms with van der Waals surface area (Å²) in [4.78, 5) is 31.6. The average molecular weight is 565 g/mol. The summed E-state index contributed by atoms with van der Waals surface area (Å²) in [6.45, 7) is 2.85. The minimum absolute atomic E-state index is 0.0721. The summed E-state index contributed by atoms with van der Waals surface area (Å²) < 4.78 is 29.6. The van der Waals surface area contributed by atoms with E-state index in [0.29, 0.717) is 12.1 Å². The zero-order valence-electron chi connectivity index (χ0n) is 21.5. The van der Waals surface area contributed by atoms with Gasteiger partial charge in [0, 0.05) is 24.7 Å². The monoisotopic (exact) mass is 565 g/mol. The predicted octanol–water partition coefficient (Wildman–Crippen LogP) is 2.91. The number of nitrogens with zero attached hydrogens (tertiary/aromatic N) is 9. The minimum Gasteiger partial charge on any atom is -0.569 e. The average Bonchev–Trinajstić information content (AvgIpc) is 3.39. The fourth-order valence-electron chi connectivity index (χ4n) is 3.96. The molecule has 214 valence electrons. The summed E-state index contributed by atoms with van der Waals surface area (Å²) in [6, 6.07) is 4.01. The highest BCUT2D eigenvalue weighted by atomic mass is 19.1. The van der Waals surface area contributed by atoms with Gasteiger partial charge in [0.05, 0.1) is 41.0 Å². The number of aliphatic hydroxyl groups is 1. The maximum absolute atomic E-state index is 14.8. The molecule has 0 fully saturated rings. The predicted molar refractivity (Wildman–Crippen MR) is 133 cm³/mol. The van der Waals surface area contributed by atoms with E-state index in [0.717, 1.165) is 29.4 Å². The van der Waals surface area contributed by atoms with Crippen molar-refractivity contribution < 1.29 is 33.5 Å². The van der Waals surface area contributed by atoms with Crippen molar-refractivity contribution in [2.24, 2.45) is 5.28 Å². The van der Waals surface area contributed by atoms with Gasteiger partial charge in [-0.25, -0.2) is 18.4 Å². The molecule has 0 saturated heterocycles. The standard InChI is InChI=1S/C22H25F2N9O7/c1-4-30(5-2)33(39)27-40-21-10-18(19(31(35)36)9-20(21)32(37)38)28(3)11-22(34,12-29-14-25-13-26-29)16-7-6-15(23)8-17(16)24/h6-10,13-14,34H,4-5,11-12H2,1-3H3/b33-27-. The normalized spacial score (nSPS) is 13.0. The van der Waals surface area contributed by atoms with E-state index in [4.69, 9.17) is 4.84 Å². The quantitative estimate of drug-likeness (QED) is 0.139. The molecule has 18 heteroatoms. The number of likely N-dealkylation sites (N-methyl/N-ethyl adjacent to an activating group) is 1. The Morgan fingerprint density at radius 3 is 2.33 bits per heavy atom. The van der Waals surface area contributed by atoms with Crippen molar-refractivity contribution in [2.45, 2.75) is 26.0 Å². The third-order valence-electron chi connectivity index (χ3n) is 5.86. The summed E-state index contributed by atoms with van der Waals surface area (Å²) in [7, 11) is 1.29. The lowest BCUT2D eigenvalue weighted by molar-refractivity contribution is -0.706. The summed E-state index contributed by atoms with van der Waals surface area (Å²) in [5.41, 5.74) is -4.44. The van der Waals surface area contributed by atoms with Crippen molar-refractivity contribution in [3.8, 4) is 5.75 Å². The Balaban J connectivity index is 2.10. The lowest BCUT2D eigenvalue weighted by Gasteiger charge is -2.34. The van der Waals surface area contributed by atoms with Crippen LogP contribution >= 0.6 is 0 Å². The van der Waals surface area contributed by atoms with E-state index in [-0.39, 0.29) is 29.3 Å².